The number of carbonyl (C=O) groups excluding carboxylic acids is 1. The van der Waals surface area contributed by atoms with Gasteiger partial charge in [-0.05, 0) is 26.1 Å². The summed E-state index contributed by atoms with van der Waals surface area (Å²) >= 11 is 6.01. The van der Waals surface area contributed by atoms with Crippen LogP contribution in [0.1, 0.15) is 6.92 Å². The van der Waals surface area contributed by atoms with E-state index in [0.29, 0.717) is 23.9 Å². The first-order chi connectivity index (χ1) is 10.1. The Bertz CT molecular complexity index is 484. The summed E-state index contributed by atoms with van der Waals surface area (Å²) in [4.78, 5) is 14.2. The lowest BCUT2D eigenvalue weighted by atomic mass is 10.2. The van der Waals surface area contributed by atoms with Gasteiger partial charge in [0.25, 0.3) is 5.91 Å². The van der Waals surface area contributed by atoms with Crippen LogP contribution in [0.5, 0.6) is 5.75 Å². The molecule has 1 aliphatic rings. The van der Waals surface area contributed by atoms with Crippen LogP contribution in [-0.2, 0) is 9.53 Å². The summed E-state index contributed by atoms with van der Waals surface area (Å²) in [6, 6.07) is 7.10. The van der Waals surface area contributed by atoms with Crippen molar-refractivity contribution in [2.75, 3.05) is 33.3 Å². The van der Waals surface area contributed by atoms with Crippen LogP contribution >= 0.6 is 11.6 Å². The van der Waals surface area contributed by atoms with Crippen LogP contribution in [0.25, 0.3) is 0 Å². The first-order valence-electron chi connectivity index (χ1n) is 7.05. The molecule has 0 bridgehead atoms. The minimum Gasteiger partial charge on any atom is -0.479 e. The molecule has 1 aromatic carbocycles. The van der Waals surface area contributed by atoms with Crippen molar-refractivity contribution >= 4 is 17.5 Å². The van der Waals surface area contributed by atoms with Crippen LogP contribution < -0.4 is 10.1 Å². The minimum absolute atomic E-state index is 0.0280. The van der Waals surface area contributed by atoms with Crippen molar-refractivity contribution in [3.05, 3.63) is 29.3 Å². The zero-order chi connectivity index (χ0) is 15.2. The lowest BCUT2D eigenvalue weighted by Crippen LogP contribution is -2.47. The molecule has 1 N–H and O–H groups in total. The lowest BCUT2D eigenvalue weighted by molar-refractivity contribution is -0.128. The second-order valence-corrected chi connectivity index (χ2v) is 5.60. The smallest absolute Gasteiger partial charge is 0.260 e. The third-order valence-corrected chi connectivity index (χ3v) is 3.67. The molecule has 6 heteroatoms. The highest BCUT2D eigenvalue weighted by Crippen LogP contribution is 2.24. The number of morpholine rings is 1. The number of carbonyl (C=O) groups is 1. The van der Waals surface area contributed by atoms with Gasteiger partial charge in [0, 0.05) is 19.6 Å². The fourth-order valence-electron chi connectivity index (χ4n) is 2.13. The van der Waals surface area contributed by atoms with Crippen molar-refractivity contribution in [3.63, 3.8) is 0 Å². The van der Waals surface area contributed by atoms with E-state index in [0.717, 1.165) is 13.1 Å². The summed E-state index contributed by atoms with van der Waals surface area (Å²) in [6.45, 7) is 4.63. The van der Waals surface area contributed by atoms with Gasteiger partial charge < -0.3 is 19.7 Å². The zero-order valence-electron chi connectivity index (χ0n) is 12.3. The fourth-order valence-corrected chi connectivity index (χ4v) is 2.31. The van der Waals surface area contributed by atoms with Crippen molar-refractivity contribution in [2.24, 2.45) is 0 Å². The van der Waals surface area contributed by atoms with Gasteiger partial charge in [-0.2, -0.15) is 0 Å². The molecule has 1 aliphatic heterocycles. The van der Waals surface area contributed by atoms with E-state index in [9.17, 15) is 4.79 Å². The van der Waals surface area contributed by atoms with Crippen LogP contribution in [0, 0.1) is 0 Å². The van der Waals surface area contributed by atoms with Crippen molar-refractivity contribution in [1.29, 1.82) is 0 Å². The SMILES string of the molecule is C[C@H](Oc1ccccc1Cl)C(=O)NC[C@@H]1CN(C)CCO1. The number of nitrogens with one attached hydrogen (secondary N) is 1. The molecule has 0 saturated carbocycles. The number of amides is 1. The number of rotatable bonds is 5. The number of para-hydroxylation sites is 1. The van der Waals surface area contributed by atoms with Crippen LogP contribution in [0.15, 0.2) is 24.3 Å². The molecule has 1 amide bonds. The first-order valence-corrected chi connectivity index (χ1v) is 7.43. The van der Waals surface area contributed by atoms with Gasteiger partial charge in [-0.1, -0.05) is 23.7 Å². The molecule has 5 nitrogen and oxygen atoms in total. The van der Waals surface area contributed by atoms with E-state index in [2.05, 4.69) is 10.2 Å². The van der Waals surface area contributed by atoms with Gasteiger partial charge in [0.1, 0.15) is 5.75 Å². The topological polar surface area (TPSA) is 50.8 Å². The lowest BCUT2D eigenvalue weighted by Gasteiger charge is -2.30. The van der Waals surface area contributed by atoms with Gasteiger partial charge >= 0.3 is 0 Å². The molecule has 1 heterocycles. The number of halogens is 1. The van der Waals surface area contributed by atoms with E-state index in [1.54, 1.807) is 19.1 Å². The van der Waals surface area contributed by atoms with Gasteiger partial charge in [-0.25, -0.2) is 0 Å². The van der Waals surface area contributed by atoms with E-state index in [1.807, 2.05) is 19.2 Å². The Morgan fingerprint density at radius 2 is 2.33 bits per heavy atom. The second-order valence-electron chi connectivity index (χ2n) is 5.19. The quantitative estimate of drug-likeness (QED) is 0.896. The number of hydrogen-bond donors (Lipinski definition) is 1. The van der Waals surface area contributed by atoms with E-state index in [1.165, 1.54) is 0 Å². The summed E-state index contributed by atoms with van der Waals surface area (Å²) in [5.74, 6) is 0.335. The number of benzene rings is 1. The summed E-state index contributed by atoms with van der Waals surface area (Å²) in [6.07, 6.45) is -0.577. The molecular weight excluding hydrogens is 292 g/mol. The summed E-state index contributed by atoms with van der Waals surface area (Å²) in [5, 5.41) is 3.35. The molecule has 0 aliphatic carbocycles. The highest BCUT2D eigenvalue weighted by atomic mass is 35.5. The first kappa shape index (κ1) is 16.1. The molecule has 2 rings (SSSR count). The van der Waals surface area contributed by atoms with Gasteiger partial charge in [-0.3, -0.25) is 4.79 Å². The van der Waals surface area contributed by atoms with Crippen molar-refractivity contribution in [2.45, 2.75) is 19.1 Å². The van der Waals surface area contributed by atoms with Gasteiger partial charge in [0.2, 0.25) is 0 Å². The van der Waals surface area contributed by atoms with Gasteiger partial charge in [0.05, 0.1) is 17.7 Å². The average Bonchev–Trinajstić information content (AvgIpc) is 2.47. The molecule has 0 unspecified atom stereocenters. The van der Waals surface area contributed by atoms with Crippen LogP contribution in [0.3, 0.4) is 0 Å². The predicted molar refractivity (Wildman–Crippen MR) is 81.8 cm³/mol. The van der Waals surface area contributed by atoms with Crippen molar-refractivity contribution in [1.82, 2.24) is 10.2 Å². The number of likely N-dealkylation sites (N-methyl/N-ethyl adjacent to an activating group) is 1. The highest BCUT2D eigenvalue weighted by Gasteiger charge is 2.21. The monoisotopic (exact) mass is 312 g/mol. The fraction of sp³-hybridized carbons (Fsp3) is 0.533. The third-order valence-electron chi connectivity index (χ3n) is 3.36. The number of hydrogen-bond acceptors (Lipinski definition) is 4. The Morgan fingerprint density at radius 3 is 3.05 bits per heavy atom. The average molecular weight is 313 g/mol. The van der Waals surface area contributed by atoms with Crippen molar-refractivity contribution in [3.8, 4) is 5.75 Å². The molecule has 0 aromatic heterocycles. The summed E-state index contributed by atoms with van der Waals surface area (Å²) in [5.41, 5.74) is 0. The summed E-state index contributed by atoms with van der Waals surface area (Å²) < 4.78 is 11.2. The maximum absolute atomic E-state index is 12.0. The molecule has 0 spiro atoms. The van der Waals surface area contributed by atoms with Crippen LogP contribution in [0.2, 0.25) is 5.02 Å². The Hall–Kier alpha value is -1.30. The van der Waals surface area contributed by atoms with E-state index < -0.39 is 6.10 Å². The third kappa shape index (κ3) is 4.88. The molecule has 2 atom stereocenters. The maximum Gasteiger partial charge on any atom is 0.260 e. The standard InChI is InChI=1S/C15H21ClN2O3/c1-11(21-14-6-4-3-5-13(14)16)15(19)17-9-12-10-18(2)7-8-20-12/h3-6,11-12H,7-10H2,1-2H3,(H,17,19)/t11-,12+/m0/s1. The molecular formula is C15H21ClN2O3. The predicted octanol–water partition coefficient (Wildman–Crippen LogP) is 1.55. The van der Waals surface area contributed by atoms with E-state index in [-0.39, 0.29) is 12.0 Å². The normalized spacial score (nSPS) is 20.8. The van der Waals surface area contributed by atoms with E-state index >= 15 is 0 Å². The molecule has 0 radical (unpaired) electrons. The van der Waals surface area contributed by atoms with Gasteiger partial charge in [-0.15, -0.1) is 0 Å². The Labute approximate surface area is 130 Å². The highest BCUT2D eigenvalue weighted by molar-refractivity contribution is 6.32. The Balaban J connectivity index is 1.78. The van der Waals surface area contributed by atoms with Crippen molar-refractivity contribution < 1.29 is 14.3 Å². The maximum atomic E-state index is 12.0. The molecule has 1 saturated heterocycles. The Kier molecular flexibility index (Phi) is 5.85. The minimum atomic E-state index is -0.605. The second kappa shape index (κ2) is 7.64. The largest absolute Gasteiger partial charge is 0.479 e. The molecule has 1 fully saturated rings. The van der Waals surface area contributed by atoms with Gasteiger partial charge in [0.15, 0.2) is 6.10 Å². The molecule has 21 heavy (non-hydrogen) atoms. The Morgan fingerprint density at radius 1 is 1.57 bits per heavy atom. The number of nitrogens with zero attached hydrogens (tertiary/aromatic N) is 1. The molecule has 1 aromatic rings. The zero-order valence-corrected chi connectivity index (χ0v) is 13.1. The van der Waals surface area contributed by atoms with Crippen LogP contribution in [-0.4, -0.2) is 56.3 Å². The summed E-state index contributed by atoms with van der Waals surface area (Å²) in [7, 11) is 2.04. The molecule has 116 valence electrons. The number of ether oxygens (including phenoxy) is 2. The van der Waals surface area contributed by atoms with Crippen LogP contribution in [0.4, 0.5) is 0 Å². The van der Waals surface area contributed by atoms with E-state index in [4.69, 9.17) is 21.1 Å².